The van der Waals surface area contributed by atoms with Crippen molar-refractivity contribution >= 4 is 65.0 Å². The van der Waals surface area contributed by atoms with Crippen LogP contribution in [0.3, 0.4) is 0 Å². The van der Waals surface area contributed by atoms with E-state index in [1.165, 1.54) is 96.6 Å². The molecule has 1 aliphatic heterocycles. The third-order valence-electron chi connectivity index (χ3n) is 16.2. The van der Waals surface area contributed by atoms with Crippen LogP contribution in [0.25, 0.3) is 0 Å². The third kappa shape index (κ3) is 22.7. The van der Waals surface area contributed by atoms with Gasteiger partial charge in [0.1, 0.15) is 60.4 Å². The van der Waals surface area contributed by atoms with Gasteiger partial charge in [0.15, 0.2) is 0 Å². The predicted octanol–water partition coefficient (Wildman–Crippen LogP) is 2.77. The van der Waals surface area contributed by atoms with Gasteiger partial charge in [-0.1, -0.05) is 102 Å². The molecular weight excluding hydrogens is 1120 g/mol. The molecule has 1 aliphatic rings. The summed E-state index contributed by atoms with van der Waals surface area (Å²) in [6, 6.07) is -12.9. The molecule has 1 fully saturated rings. The normalized spacial score (nSPS) is 26.7. The molecule has 6 N–H and O–H groups in total. The largest absolute Gasteiger partial charge is 0.390 e. The maximum atomic E-state index is 15.2. The summed E-state index contributed by atoms with van der Waals surface area (Å²) in [5, 5.41) is 34.1. The maximum Gasteiger partial charge on any atom is 0.246 e. The highest BCUT2D eigenvalue weighted by atomic mass is 16.3. The molecule has 1 heterocycles. The molecule has 11 amide bonds. The van der Waals surface area contributed by atoms with Crippen molar-refractivity contribution in [1.29, 1.82) is 0 Å². The number of aliphatic hydroxyl groups is 2. The number of carbonyl (C=O) groups excluding carboxylic acids is 11. The number of likely N-dealkylation sites (N-methyl/N-ethyl adjacent to an activating group) is 7. The molecule has 0 radical (unpaired) electrons. The summed E-state index contributed by atoms with van der Waals surface area (Å²) in [4.78, 5) is 169. The lowest BCUT2D eigenvalue weighted by Crippen LogP contribution is -2.63. The minimum absolute atomic E-state index is 0.0560. The van der Waals surface area contributed by atoms with Crippen LogP contribution in [-0.2, 0) is 52.7 Å². The van der Waals surface area contributed by atoms with E-state index in [-0.39, 0.29) is 49.9 Å². The molecule has 1 rings (SSSR count). The van der Waals surface area contributed by atoms with Crippen molar-refractivity contribution in [3.8, 4) is 0 Å². The number of aliphatic hydroxyl groups excluding tert-OH is 1. The zero-order valence-electron chi connectivity index (χ0n) is 57.1. The Hall–Kier alpha value is -6.17. The van der Waals surface area contributed by atoms with Crippen LogP contribution < -0.4 is 21.3 Å². The molecule has 1 saturated heterocycles. The van der Waals surface area contributed by atoms with Crippen LogP contribution in [0.4, 0.5) is 0 Å². The fourth-order valence-corrected chi connectivity index (χ4v) is 10.9. The summed E-state index contributed by atoms with van der Waals surface area (Å²) in [6.07, 6.45) is 2.84. The molecule has 498 valence electrons. The van der Waals surface area contributed by atoms with Crippen molar-refractivity contribution in [2.45, 2.75) is 235 Å². The topological polar surface area (TPSA) is 299 Å². The van der Waals surface area contributed by atoms with Crippen LogP contribution in [0.1, 0.15) is 163 Å². The number of rotatable bonds is 16. The standard InChI is InChI=1S/C63H113N11O13/c1-25-27-29-40(13)52(76)51-56(80)66-43(28-26-2)58(82)68(18)34-48(75)69(19)47(33-63(16,17)87)55(79)67-49(38(9)10)61(85)70(20)44(30-35(3)4)54(78)64-41(14)53(77)65-42(15)57(81)71(21)45(31-36(5)6)59(83)72(22)46(32-37(7)8)60(84)73(23)50(39(11)12)62(86)74(51)24/h25,27,35-47,49-52,76,87H,26,28-34H2,1-24H3,(H,64,78)(H,65,77)(H,66,80)(H,67,79)/b27-25+/t40-,41+,42-,43+,44+,45+,46+,47+,49+,50+,51+,52-/m1/s1. The number of nitrogens with zero attached hydrogens (tertiary/aromatic N) is 7. The number of hydrogen-bond donors (Lipinski definition) is 6. The molecule has 0 aromatic carbocycles. The Morgan fingerprint density at radius 1 is 0.517 bits per heavy atom. The number of hydrogen-bond acceptors (Lipinski definition) is 13. The van der Waals surface area contributed by atoms with Crippen LogP contribution in [0.2, 0.25) is 0 Å². The van der Waals surface area contributed by atoms with E-state index < -0.39 is 161 Å². The lowest BCUT2D eigenvalue weighted by Gasteiger charge is -2.41. The summed E-state index contributed by atoms with van der Waals surface area (Å²) >= 11 is 0. The van der Waals surface area contributed by atoms with Crippen LogP contribution in [0.15, 0.2) is 12.2 Å². The molecule has 0 aromatic heterocycles. The van der Waals surface area contributed by atoms with Gasteiger partial charge in [0.2, 0.25) is 65.0 Å². The summed E-state index contributed by atoms with van der Waals surface area (Å²) < 4.78 is 0. The lowest BCUT2D eigenvalue weighted by atomic mass is 9.91. The molecule has 0 aliphatic carbocycles. The molecule has 0 spiro atoms. The average Bonchev–Trinajstić information content (AvgIpc) is 2.66. The van der Waals surface area contributed by atoms with E-state index in [2.05, 4.69) is 21.3 Å². The van der Waals surface area contributed by atoms with Gasteiger partial charge in [-0.2, -0.15) is 0 Å². The average molecular weight is 1230 g/mol. The number of amides is 11. The van der Waals surface area contributed by atoms with E-state index in [9.17, 15) is 53.4 Å². The molecule has 0 bridgehead atoms. The minimum atomic E-state index is -1.64. The maximum absolute atomic E-state index is 15.2. The Morgan fingerprint density at radius 2 is 0.966 bits per heavy atom. The predicted molar refractivity (Wildman–Crippen MR) is 335 cm³/mol. The molecule has 24 heteroatoms. The fourth-order valence-electron chi connectivity index (χ4n) is 10.9. The van der Waals surface area contributed by atoms with E-state index in [1.807, 2.05) is 41.5 Å². The van der Waals surface area contributed by atoms with Gasteiger partial charge in [-0.25, -0.2) is 0 Å². The van der Waals surface area contributed by atoms with Gasteiger partial charge in [-0.15, -0.1) is 0 Å². The van der Waals surface area contributed by atoms with Gasteiger partial charge in [0, 0.05) is 55.8 Å². The minimum Gasteiger partial charge on any atom is -0.390 e. The van der Waals surface area contributed by atoms with Gasteiger partial charge in [-0.05, 0) is 102 Å². The summed E-state index contributed by atoms with van der Waals surface area (Å²) in [5.74, 6) is -10.2. The molecule has 24 nitrogen and oxygen atoms in total. The van der Waals surface area contributed by atoms with E-state index in [4.69, 9.17) is 0 Å². The van der Waals surface area contributed by atoms with E-state index >= 15 is 9.59 Å². The Balaban J connectivity index is 4.39. The first-order valence-corrected chi connectivity index (χ1v) is 31.1. The van der Waals surface area contributed by atoms with Crippen LogP contribution in [-0.4, -0.2) is 237 Å². The van der Waals surface area contributed by atoms with Crippen LogP contribution in [0, 0.1) is 35.5 Å². The number of allylic oxidation sites excluding steroid dienone is 2. The summed E-state index contributed by atoms with van der Waals surface area (Å²) in [6.45, 7) is 28.3. The van der Waals surface area contributed by atoms with Crippen molar-refractivity contribution in [2.75, 3.05) is 55.9 Å². The van der Waals surface area contributed by atoms with Crippen molar-refractivity contribution in [3.05, 3.63) is 12.2 Å². The first kappa shape index (κ1) is 78.8. The lowest BCUT2D eigenvalue weighted by molar-refractivity contribution is -0.157. The third-order valence-corrected chi connectivity index (χ3v) is 16.2. The van der Waals surface area contributed by atoms with E-state index in [1.54, 1.807) is 60.6 Å². The van der Waals surface area contributed by atoms with Crippen molar-refractivity contribution in [2.24, 2.45) is 35.5 Å². The Morgan fingerprint density at radius 3 is 1.43 bits per heavy atom. The highest BCUT2D eigenvalue weighted by Crippen LogP contribution is 2.26. The second kappa shape index (κ2) is 35.1. The fraction of sp³-hybridized carbons (Fsp3) is 0.794. The van der Waals surface area contributed by atoms with Crippen LogP contribution >= 0.6 is 0 Å². The molecular formula is C63H113N11O13. The highest BCUT2D eigenvalue weighted by molar-refractivity contribution is 5.99. The monoisotopic (exact) mass is 1230 g/mol. The molecule has 0 unspecified atom stereocenters. The Kier molecular flexibility index (Phi) is 31.8. The van der Waals surface area contributed by atoms with Gasteiger partial charge in [0.25, 0.3) is 0 Å². The van der Waals surface area contributed by atoms with E-state index in [0.717, 1.165) is 14.7 Å². The quantitative estimate of drug-likeness (QED) is 0.121. The van der Waals surface area contributed by atoms with Crippen molar-refractivity contribution < 1.29 is 63.0 Å². The summed E-state index contributed by atoms with van der Waals surface area (Å²) in [7, 11) is 9.71. The van der Waals surface area contributed by atoms with Gasteiger partial charge >= 0.3 is 0 Å². The molecule has 0 aromatic rings. The second-order valence-electron chi connectivity index (χ2n) is 26.9. The SMILES string of the molecule is C/C=C/C[C@@H](C)[C@@H](O)[C@H]1C(=O)N[C@@H](CCC)C(=O)N(C)CC(=O)N(C)[C@@H](CC(C)(C)O)C(=O)N[C@@H](C(C)C)C(=O)N(C)[C@@H](CC(C)C)C(=O)N[C@@H](C)C(=O)N[C@H](C)C(=O)N(C)[C@@H](CC(C)C)C(=O)N(C)[C@@H](CC(C)C)C(=O)N(C)[C@@H](C(C)C)C(=O)N1C. The molecule has 12 atom stereocenters. The van der Waals surface area contributed by atoms with Crippen molar-refractivity contribution in [3.63, 3.8) is 0 Å². The van der Waals surface area contributed by atoms with Gasteiger partial charge in [-0.3, -0.25) is 52.7 Å². The zero-order chi connectivity index (χ0) is 67.6. The molecule has 0 saturated carbocycles. The second-order valence-corrected chi connectivity index (χ2v) is 26.9. The van der Waals surface area contributed by atoms with Crippen molar-refractivity contribution in [1.82, 2.24) is 55.6 Å². The Bertz CT molecular complexity index is 2390. The zero-order valence-corrected chi connectivity index (χ0v) is 57.1. The Labute approximate surface area is 520 Å². The smallest absolute Gasteiger partial charge is 0.246 e. The summed E-state index contributed by atoms with van der Waals surface area (Å²) in [5.41, 5.74) is -1.55. The number of carbonyl (C=O) groups is 11. The molecule has 87 heavy (non-hydrogen) atoms. The first-order valence-electron chi connectivity index (χ1n) is 31.1. The number of nitrogens with one attached hydrogen (secondary N) is 4. The van der Waals surface area contributed by atoms with Gasteiger partial charge in [0.05, 0.1) is 18.2 Å². The van der Waals surface area contributed by atoms with Crippen LogP contribution in [0.5, 0.6) is 0 Å². The first-order chi connectivity index (χ1) is 40.0. The van der Waals surface area contributed by atoms with E-state index in [0.29, 0.717) is 12.8 Å². The van der Waals surface area contributed by atoms with Gasteiger partial charge < -0.3 is 65.8 Å². The highest BCUT2D eigenvalue weighted by Gasteiger charge is 2.46.